The number of aryl methyl sites for hydroxylation is 3. The Kier molecular flexibility index (Phi) is 6.54. The Morgan fingerprint density at radius 1 is 1.03 bits per heavy atom. The second-order valence-corrected chi connectivity index (χ2v) is 9.37. The van der Waals surface area contributed by atoms with Gasteiger partial charge in [-0.1, -0.05) is 47.6 Å². The summed E-state index contributed by atoms with van der Waals surface area (Å²) >= 11 is 0. The molecule has 0 aliphatic carbocycles. The number of amides is 1. The van der Waals surface area contributed by atoms with Crippen LogP contribution in [0.25, 0.3) is 11.0 Å². The average molecular weight is 496 g/mol. The minimum absolute atomic E-state index is 0.107. The van der Waals surface area contributed by atoms with Crippen LogP contribution in [0.15, 0.2) is 81.7 Å². The van der Waals surface area contributed by atoms with E-state index in [1.54, 1.807) is 19.9 Å². The Labute approximate surface area is 214 Å². The van der Waals surface area contributed by atoms with E-state index in [1.165, 1.54) is 0 Å². The van der Waals surface area contributed by atoms with Crippen molar-refractivity contribution < 1.29 is 18.8 Å². The number of hydrogen-bond donors (Lipinski definition) is 3. The molecule has 4 N–H and O–H groups in total. The summed E-state index contributed by atoms with van der Waals surface area (Å²) in [6.07, 6.45) is -0.791. The number of hydrogen-bond acceptors (Lipinski definition) is 6. The quantitative estimate of drug-likeness (QED) is 0.258. The highest BCUT2D eigenvalue weighted by molar-refractivity contribution is 5.83. The van der Waals surface area contributed by atoms with Crippen molar-refractivity contribution in [3.05, 3.63) is 118 Å². The highest BCUT2D eigenvalue weighted by Crippen LogP contribution is 2.32. The maximum absolute atomic E-state index is 13.2. The molecule has 1 amide bonds. The van der Waals surface area contributed by atoms with Crippen LogP contribution >= 0.6 is 0 Å². The average Bonchev–Trinajstić information content (AvgIpc) is 3.45. The van der Waals surface area contributed by atoms with E-state index in [4.69, 9.17) is 14.7 Å². The number of furan rings is 1. The second-order valence-electron chi connectivity index (χ2n) is 9.37. The van der Waals surface area contributed by atoms with E-state index in [9.17, 15) is 9.90 Å². The molecule has 5 rings (SSSR count). The fourth-order valence-electron chi connectivity index (χ4n) is 4.79. The topological polar surface area (TPSA) is 115 Å². The minimum atomic E-state index is -0.986. The number of carbonyl (C=O) groups is 1. The van der Waals surface area contributed by atoms with Crippen LogP contribution < -0.4 is 11.1 Å². The van der Waals surface area contributed by atoms with Crippen LogP contribution in [0.5, 0.6) is 0 Å². The molecule has 0 aliphatic heterocycles. The van der Waals surface area contributed by atoms with Crippen molar-refractivity contribution in [1.82, 2.24) is 10.5 Å². The van der Waals surface area contributed by atoms with E-state index in [2.05, 4.69) is 10.5 Å². The van der Waals surface area contributed by atoms with Gasteiger partial charge in [0.25, 0.3) is 0 Å². The molecular formula is C30H29N3O4. The van der Waals surface area contributed by atoms with Crippen molar-refractivity contribution in [2.75, 3.05) is 5.73 Å². The van der Waals surface area contributed by atoms with Crippen LogP contribution in [0.4, 0.5) is 5.69 Å². The predicted octanol–water partition coefficient (Wildman–Crippen LogP) is 5.46. The lowest BCUT2D eigenvalue weighted by Gasteiger charge is -2.22. The van der Waals surface area contributed by atoms with E-state index in [0.29, 0.717) is 34.0 Å². The van der Waals surface area contributed by atoms with Gasteiger partial charge in [-0.15, -0.1) is 0 Å². The zero-order chi connectivity index (χ0) is 26.1. The SMILES string of the molecule is Cc1cc(N)ccc1C(NC(=O)Cc1ccc2oc([C@@H](O)c3c(C)noc3C)cc2c1)c1ccccc1. The number of nitrogens with one attached hydrogen (secondary N) is 1. The van der Waals surface area contributed by atoms with Crippen LogP contribution in [0.3, 0.4) is 0 Å². The molecule has 188 valence electrons. The number of nitrogen functional groups attached to an aromatic ring is 1. The minimum Gasteiger partial charge on any atom is -0.458 e. The lowest BCUT2D eigenvalue weighted by atomic mass is 9.94. The Hall–Kier alpha value is -4.36. The van der Waals surface area contributed by atoms with Crippen molar-refractivity contribution in [3.63, 3.8) is 0 Å². The molecule has 7 nitrogen and oxygen atoms in total. The predicted molar refractivity (Wildman–Crippen MR) is 142 cm³/mol. The molecule has 2 atom stereocenters. The molecule has 0 fully saturated rings. The number of aliphatic hydroxyl groups is 1. The van der Waals surface area contributed by atoms with Gasteiger partial charge in [0.05, 0.1) is 23.7 Å². The van der Waals surface area contributed by atoms with Crippen molar-refractivity contribution >= 4 is 22.6 Å². The van der Waals surface area contributed by atoms with Crippen LogP contribution in [0.1, 0.15) is 57.2 Å². The number of carbonyl (C=O) groups excluding carboxylic acids is 1. The summed E-state index contributed by atoms with van der Waals surface area (Å²) in [5.41, 5.74) is 12.3. The lowest BCUT2D eigenvalue weighted by molar-refractivity contribution is -0.120. The molecule has 0 saturated heterocycles. The third-order valence-corrected chi connectivity index (χ3v) is 6.64. The second kappa shape index (κ2) is 9.95. The fraction of sp³-hybridized carbons (Fsp3) is 0.200. The maximum Gasteiger partial charge on any atom is 0.225 e. The zero-order valence-corrected chi connectivity index (χ0v) is 21.0. The molecule has 2 aromatic heterocycles. The van der Waals surface area contributed by atoms with Gasteiger partial charge in [-0.25, -0.2) is 0 Å². The molecule has 37 heavy (non-hydrogen) atoms. The number of aromatic nitrogens is 1. The van der Waals surface area contributed by atoms with Gasteiger partial charge >= 0.3 is 0 Å². The van der Waals surface area contributed by atoms with Crippen LogP contribution in [-0.4, -0.2) is 16.2 Å². The molecule has 0 aliphatic rings. The number of anilines is 1. The summed E-state index contributed by atoms with van der Waals surface area (Å²) in [5, 5.41) is 18.8. The van der Waals surface area contributed by atoms with Gasteiger partial charge in [0, 0.05) is 11.1 Å². The van der Waals surface area contributed by atoms with E-state index >= 15 is 0 Å². The summed E-state index contributed by atoms with van der Waals surface area (Å²) in [5.74, 6) is 0.838. The fourth-order valence-corrected chi connectivity index (χ4v) is 4.79. The molecule has 0 radical (unpaired) electrons. The van der Waals surface area contributed by atoms with E-state index in [0.717, 1.165) is 27.6 Å². The molecule has 5 aromatic rings. The van der Waals surface area contributed by atoms with Gasteiger partial charge in [0.15, 0.2) is 0 Å². The molecule has 1 unspecified atom stereocenters. The molecule has 7 heteroatoms. The van der Waals surface area contributed by atoms with Crippen molar-refractivity contribution in [3.8, 4) is 0 Å². The van der Waals surface area contributed by atoms with Gasteiger partial charge in [0.2, 0.25) is 5.91 Å². The molecule has 0 saturated carbocycles. The Balaban J connectivity index is 1.37. The number of rotatable bonds is 7. The Morgan fingerprint density at radius 2 is 1.81 bits per heavy atom. The van der Waals surface area contributed by atoms with E-state index in [1.807, 2.05) is 73.7 Å². The smallest absolute Gasteiger partial charge is 0.225 e. The van der Waals surface area contributed by atoms with Gasteiger partial charge in [-0.2, -0.15) is 0 Å². The van der Waals surface area contributed by atoms with E-state index in [-0.39, 0.29) is 18.4 Å². The number of aliphatic hydroxyl groups excluding tert-OH is 1. The third kappa shape index (κ3) is 4.99. The standard InChI is InChI=1S/C30H29N3O4/c1-17-13-23(31)10-11-24(17)29(21-7-5-4-6-8-21)32-27(34)15-20-9-12-25-22(14-20)16-26(36-25)30(35)28-18(2)33-37-19(28)3/h4-14,16,29-30,35H,15,31H2,1-3H3,(H,32,34)/t29?,30-/m1/s1. The first-order valence-corrected chi connectivity index (χ1v) is 12.1. The summed E-state index contributed by atoms with van der Waals surface area (Å²) < 4.78 is 11.1. The number of nitrogens with zero attached hydrogens (tertiary/aromatic N) is 1. The first-order valence-electron chi connectivity index (χ1n) is 12.1. The molecule has 0 bridgehead atoms. The highest BCUT2D eigenvalue weighted by atomic mass is 16.5. The summed E-state index contributed by atoms with van der Waals surface area (Å²) in [7, 11) is 0. The number of fused-ring (bicyclic) bond motifs is 1. The number of nitrogens with two attached hydrogens (primary N) is 1. The van der Waals surface area contributed by atoms with Gasteiger partial charge in [0.1, 0.15) is 23.2 Å². The van der Waals surface area contributed by atoms with Crippen molar-refractivity contribution in [1.29, 1.82) is 0 Å². The molecular weight excluding hydrogens is 466 g/mol. The largest absolute Gasteiger partial charge is 0.458 e. The highest BCUT2D eigenvalue weighted by Gasteiger charge is 2.24. The van der Waals surface area contributed by atoms with Crippen LogP contribution in [-0.2, 0) is 11.2 Å². The van der Waals surface area contributed by atoms with Crippen LogP contribution in [0.2, 0.25) is 0 Å². The summed E-state index contributed by atoms with van der Waals surface area (Å²) in [6, 6.07) is 22.7. The normalized spacial score (nSPS) is 13.0. The third-order valence-electron chi connectivity index (χ3n) is 6.64. The molecule has 0 spiro atoms. The summed E-state index contributed by atoms with van der Waals surface area (Å²) in [6.45, 7) is 5.53. The van der Waals surface area contributed by atoms with Crippen molar-refractivity contribution in [2.24, 2.45) is 0 Å². The van der Waals surface area contributed by atoms with Gasteiger partial charge in [-0.3, -0.25) is 4.79 Å². The first kappa shape index (κ1) is 24.3. The van der Waals surface area contributed by atoms with E-state index < -0.39 is 6.10 Å². The molecule has 3 aromatic carbocycles. The van der Waals surface area contributed by atoms with Crippen LogP contribution in [0, 0.1) is 20.8 Å². The lowest BCUT2D eigenvalue weighted by Crippen LogP contribution is -2.31. The van der Waals surface area contributed by atoms with Gasteiger partial charge < -0.3 is 25.1 Å². The Bertz CT molecular complexity index is 1550. The monoisotopic (exact) mass is 495 g/mol. The Morgan fingerprint density at radius 3 is 2.51 bits per heavy atom. The summed E-state index contributed by atoms with van der Waals surface area (Å²) in [4.78, 5) is 13.2. The van der Waals surface area contributed by atoms with Gasteiger partial charge in [-0.05, 0) is 73.4 Å². The molecule has 2 heterocycles. The van der Waals surface area contributed by atoms with Crippen molar-refractivity contribution in [2.45, 2.75) is 39.3 Å². The zero-order valence-electron chi connectivity index (χ0n) is 21.0. The number of benzene rings is 3. The first-order chi connectivity index (χ1) is 17.8. The maximum atomic E-state index is 13.2.